The zero-order chi connectivity index (χ0) is 18.4. The van der Waals surface area contributed by atoms with Crippen molar-refractivity contribution < 1.29 is 4.79 Å². The first-order chi connectivity index (χ1) is 12.6. The van der Waals surface area contributed by atoms with Gasteiger partial charge in [-0.1, -0.05) is 23.7 Å². The Hall–Kier alpha value is -2.11. The Kier molecular flexibility index (Phi) is 6.47. The van der Waals surface area contributed by atoms with Crippen molar-refractivity contribution in [2.45, 2.75) is 25.4 Å². The molecule has 1 N–H and O–H groups in total. The monoisotopic (exact) mass is 372 g/mol. The first-order valence-corrected chi connectivity index (χ1v) is 9.35. The fraction of sp³-hybridized carbons (Fsp3) is 0.400. The number of benzene rings is 1. The summed E-state index contributed by atoms with van der Waals surface area (Å²) in [4.78, 5) is 21.0. The van der Waals surface area contributed by atoms with Gasteiger partial charge in [0.25, 0.3) is 0 Å². The van der Waals surface area contributed by atoms with E-state index in [1.54, 1.807) is 12.4 Å². The molecule has 1 aromatic heterocycles. The molecule has 3 rings (SSSR count). The number of amides is 2. The predicted molar refractivity (Wildman–Crippen MR) is 104 cm³/mol. The third kappa shape index (κ3) is 5.44. The lowest BCUT2D eigenvalue weighted by atomic mass is 10.1. The molecule has 0 unspecified atom stereocenters. The molecule has 2 aromatic rings. The number of carbonyl (C=O) groups excluding carboxylic acids is 1. The molecule has 1 aliphatic heterocycles. The molecular formula is C20H25ClN4O. The van der Waals surface area contributed by atoms with Crippen molar-refractivity contribution in [1.29, 1.82) is 0 Å². The lowest BCUT2D eigenvalue weighted by molar-refractivity contribution is 0.191. The second-order valence-corrected chi connectivity index (χ2v) is 7.29. The SMILES string of the molecule is CN1CC[C@H](NC(=O)N(CCc2ccc(Cl)cc2)Cc2ccncc2)C1. The molecule has 0 spiro atoms. The van der Waals surface area contributed by atoms with Gasteiger partial charge in [-0.25, -0.2) is 4.79 Å². The molecule has 6 heteroatoms. The van der Waals surface area contributed by atoms with Crippen molar-refractivity contribution in [1.82, 2.24) is 20.1 Å². The Morgan fingerprint density at radius 3 is 2.62 bits per heavy atom. The van der Waals surface area contributed by atoms with Crippen LogP contribution in [0, 0.1) is 0 Å². The quantitative estimate of drug-likeness (QED) is 0.847. The molecule has 1 aromatic carbocycles. The van der Waals surface area contributed by atoms with E-state index in [4.69, 9.17) is 11.6 Å². The van der Waals surface area contributed by atoms with Gasteiger partial charge in [0.05, 0.1) is 0 Å². The normalized spacial score (nSPS) is 17.2. The van der Waals surface area contributed by atoms with Crippen LogP contribution in [0.4, 0.5) is 4.79 Å². The van der Waals surface area contributed by atoms with Crippen LogP contribution in [0.15, 0.2) is 48.8 Å². The van der Waals surface area contributed by atoms with Crippen LogP contribution in [0.25, 0.3) is 0 Å². The topological polar surface area (TPSA) is 48.5 Å². The summed E-state index contributed by atoms with van der Waals surface area (Å²) in [6.07, 6.45) is 5.32. The summed E-state index contributed by atoms with van der Waals surface area (Å²) in [7, 11) is 2.08. The van der Waals surface area contributed by atoms with Crippen LogP contribution >= 0.6 is 11.6 Å². The first kappa shape index (κ1) is 18.7. The van der Waals surface area contributed by atoms with E-state index in [1.807, 2.05) is 41.3 Å². The Labute approximate surface area is 160 Å². The zero-order valence-electron chi connectivity index (χ0n) is 15.1. The van der Waals surface area contributed by atoms with Crippen molar-refractivity contribution in [2.75, 3.05) is 26.7 Å². The smallest absolute Gasteiger partial charge is 0.317 e. The second-order valence-electron chi connectivity index (χ2n) is 6.85. The predicted octanol–water partition coefficient (Wildman–Crippen LogP) is 3.19. The van der Waals surface area contributed by atoms with Gasteiger partial charge in [0.2, 0.25) is 0 Å². The minimum atomic E-state index is -0.00363. The van der Waals surface area contributed by atoms with Gasteiger partial charge >= 0.3 is 6.03 Å². The summed E-state index contributed by atoms with van der Waals surface area (Å²) in [6.45, 7) is 3.16. The number of rotatable bonds is 6. The molecule has 1 saturated heterocycles. The van der Waals surface area contributed by atoms with Crippen molar-refractivity contribution >= 4 is 17.6 Å². The molecule has 1 fully saturated rings. The van der Waals surface area contributed by atoms with Gasteiger partial charge in [0.1, 0.15) is 0 Å². The highest BCUT2D eigenvalue weighted by atomic mass is 35.5. The van der Waals surface area contributed by atoms with E-state index in [-0.39, 0.29) is 12.1 Å². The number of halogens is 1. The Bertz CT molecular complexity index is 708. The lowest BCUT2D eigenvalue weighted by Crippen LogP contribution is -2.46. The number of hydrogen-bond donors (Lipinski definition) is 1. The molecule has 5 nitrogen and oxygen atoms in total. The first-order valence-electron chi connectivity index (χ1n) is 8.97. The van der Waals surface area contributed by atoms with Crippen molar-refractivity contribution in [3.05, 3.63) is 64.9 Å². The highest BCUT2D eigenvalue weighted by molar-refractivity contribution is 6.30. The summed E-state index contributed by atoms with van der Waals surface area (Å²) >= 11 is 5.95. The Balaban J connectivity index is 1.64. The molecule has 2 amide bonds. The van der Waals surface area contributed by atoms with Crippen LogP contribution in [0.3, 0.4) is 0 Å². The average Bonchev–Trinajstić information content (AvgIpc) is 3.05. The third-order valence-corrected chi connectivity index (χ3v) is 4.96. The molecule has 2 heterocycles. The number of nitrogens with one attached hydrogen (secondary N) is 1. The number of urea groups is 1. The van der Waals surface area contributed by atoms with Gasteiger partial charge in [-0.05, 0) is 61.8 Å². The van der Waals surface area contributed by atoms with E-state index in [0.717, 1.165) is 36.5 Å². The maximum atomic E-state index is 12.8. The van der Waals surface area contributed by atoms with E-state index in [2.05, 4.69) is 22.2 Å². The van der Waals surface area contributed by atoms with Gasteiger partial charge in [-0.3, -0.25) is 4.98 Å². The highest BCUT2D eigenvalue weighted by Crippen LogP contribution is 2.13. The maximum Gasteiger partial charge on any atom is 0.317 e. The zero-order valence-corrected chi connectivity index (χ0v) is 15.8. The van der Waals surface area contributed by atoms with E-state index in [9.17, 15) is 4.79 Å². The van der Waals surface area contributed by atoms with Crippen molar-refractivity contribution in [2.24, 2.45) is 0 Å². The molecular weight excluding hydrogens is 348 g/mol. The summed E-state index contributed by atoms with van der Waals surface area (Å²) in [5.74, 6) is 0. The summed E-state index contributed by atoms with van der Waals surface area (Å²) in [6, 6.07) is 11.9. The van der Waals surface area contributed by atoms with E-state index in [1.165, 1.54) is 5.56 Å². The number of pyridine rings is 1. The molecule has 138 valence electrons. The molecule has 0 aliphatic carbocycles. The molecule has 26 heavy (non-hydrogen) atoms. The largest absolute Gasteiger partial charge is 0.334 e. The fourth-order valence-electron chi connectivity index (χ4n) is 3.19. The Morgan fingerprint density at radius 2 is 1.96 bits per heavy atom. The minimum Gasteiger partial charge on any atom is -0.334 e. The third-order valence-electron chi connectivity index (χ3n) is 4.71. The van der Waals surface area contributed by atoms with Crippen molar-refractivity contribution in [3.8, 4) is 0 Å². The second kappa shape index (κ2) is 9.01. The van der Waals surface area contributed by atoms with Crippen LogP contribution < -0.4 is 5.32 Å². The van der Waals surface area contributed by atoms with Gasteiger partial charge in [-0.2, -0.15) is 0 Å². The highest BCUT2D eigenvalue weighted by Gasteiger charge is 2.23. The van der Waals surface area contributed by atoms with Crippen LogP contribution in [-0.2, 0) is 13.0 Å². The number of aromatic nitrogens is 1. The van der Waals surface area contributed by atoms with Gasteiger partial charge in [-0.15, -0.1) is 0 Å². The van der Waals surface area contributed by atoms with Gasteiger partial charge in [0, 0.05) is 43.1 Å². The standard InChI is InChI=1S/C20H25ClN4O/c1-24-12-9-19(15-24)23-20(26)25(14-17-6-10-22-11-7-17)13-8-16-2-4-18(21)5-3-16/h2-7,10-11,19H,8-9,12-15H2,1H3,(H,23,26)/t19-/m0/s1. The molecule has 0 bridgehead atoms. The van der Waals surface area contributed by atoms with E-state index >= 15 is 0 Å². The van der Waals surface area contributed by atoms with Crippen LogP contribution in [0.2, 0.25) is 5.02 Å². The van der Waals surface area contributed by atoms with Crippen LogP contribution in [0.1, 0.15) is 17.5 Å². The number of hydrogen-bond acceptors (Lipinski definition) is 3. The van der Waals surface area contributed by atoms with E-state index in [0.29, 0.717) is 13.1 Å². The number of likely N-dealkylation sites (N-methyl/N-ethyl adjacent to an activating group) is 1. The maximum absolute atomic E-state index is 12.8. The van der Waals surface area contributed by atoms with Crippen molar-refractivity contribution in [3.63, 3.8) is 0 Å². The number of carbonyl (C=O) groups is 1. The summed E-state index contributed by atoms with van der Waals surface area (Å²) in [5, 5.41) is 3.91. The van der Waals surface area contributed by atoms with Crippen LogP contribution in [0.5, 0.6) is 0 Å². The average molecular weight is 373 g/mol. The van der Waals surface area contributed by atoms with E-state index < -0.39 is 0 Å². The fourth-order valence-corrected chi connectivity index (χ4v) is 3.32. The summed E-state index contributed by atoms with van der Waals surface area (Å²) in [5.41, 5.74) is 2.25. The van der Waals surface area contributed by atoms with Gasteiger partial charge < -0.3 is 15.1 Å². The van der Waals surface area contributed by atoms with Crippen LogP contribution in [-0.4, -0.2) is 53.5 Å². The lowest BCUT2D eigenvalue weighted by Gasteiger charge is -2.25. The number of nitrogens with zero attached hydrogens (tertiary/aromatic N) is 3. The molecule has 0 radical (unpaired) electrons. The molecule has 0 saturated carbocycles. The summed E-state index contributed by atoms with van der Waals surface area (Å²) < 4.78 is 0. The minimum absolute atomic E-state index is 0.00363. The Morgan fingerprint density at radius 1 is 1.23 bits per heavy atom. The molecule has 1 aliphatic rings. The van der Waals surface area contributed by atoms with Gasteiger partial charge in [0.15, 0.2) is 0 Å². The molecule has 1 atom stereocenters. The number of likely N-dealkylation sites (tertiary alicyclic amines) is 1.